The van der Waals surface area contributed by atoms with Crippen LogP contribution in [0, 0.1) is 5.82 Å². The number of halogens is 1. The summed E-state index contributed by atoms with van der Waals surface area (Å²) < 4.78 is 13.6. The molecule has 0 fully saturated rings. The summed E-state index contributed by atoms with van der Waals surface area (Å²) in [6.45, 7) is 0.840. The summed E-state index contributed by atoms with van der Waals surface area (Å²) in [6.07, 6.45) is 4.10. The maximum absolute atomic E-state index is 13.6. The SMILES string of the molecule is CNCC=Cc1ccc(-c2ccccc2F)s1. The molecule has 0 saturated carbocycles. The highest BCUT2D eigenvalue weighted by molar-refractivity contribution is 7.16. The van der Waals surface area contributed by atoms with Crippen LogP contribution in [0.25, 0.3) is 16.5 Å². The van der Waals surface area contributed by atoms with Crippen LogP contribution >= 0.6 is 11.3 Å². The molecule has 3 heteroatoms. The Hall–Kier alpha value is -1.45. The van der Waals surface area contributed by atoms with Crippen molar-refractivity contribution in [1.29, 1.82) is 0 Å². The third-order valence-corrected chi connectivity index (χ3v) is 3.45. The minimum absolute atomic E-state index is 0.167. The van der Waals surface area contributed by atoms with Gasteiger partial charge in [-0.05, 0) is 31.3 Å². The number of benzene rings is 1. The zero-order valence-electron chi connectivity index (χ0n) is 9.61. The van der Waals surface area contributed by atoms with Gasteiger partial charge in [-0.2, -0.15) is 0 Å². The molecule has 17 heavy (non-hydrogen) atoms. The van der Waals surface area contributed by atoms with E-state index in [0.29, 0.717) is 5.56 Å². The fourth-order valence-electron chi connectivity index (χ4n) is 1.54. The van der Waals surface area contributed by atoms with Gasteiger partial charge in [0.05, 0.1) is 0 Å². The number of nitrogens with one attached hydrogen (secondary N) is 1. The predicted octanol–water partition coefficient (Wildman–Crippen LogP) is 3.79. The molecule has 0 radical (unpaired) electrons. The quantitative estimate of drug-likeness (QED) is 0.866. The van der Waals surface area contributed by atoms with Crippen molar-refractivity contribution >= 4 is 17.4 Å². The summed E-state index contributed by atoms with van der Waals surface area (Å²) in [5.74, 6) is -0.167. The van der Waals surface area contributed by atoms with E-state index in [1.165, 1.54) is 6.07 Å². The van der Waals surface area contributed by atoms with Crippen molar-refractivity contribution in [2.24, 2.45) is 0 Å². The van der Waals surface area contributed by atoms with Gasteiger partial charge in [0, 0.05) is 21.9 Å². The summed E-state index contributed by atoms with van der Waals surface area (Å²) in [5.41, 5.74) is 0.672. The van der Waals surface area contributed by atoms with Crippen LogP contribution in [0.4, 0.5) is 4.39 Å². The van der Waals surface area contributed by atoms with Crippen molar-refractivity contribution < 1.29 is 4.39 Å². The van der Waals surface area contributed by atoms with Crippen molar-refractivity contribution in [3.05, 3.63) is 53.2 Å². The lowest BCUT2D eigenvalue weighted by atomic mass is 10.2. The van der Waals surface area contributed by atoms with Gasteiger partial charge in [0.2, 0.25) is 0 Å². The maximum atomic E-state index is 13.6. The summed E-state index contributed by atoms with van der Waals surface area (Å²) in [7, 11) is 1.91. The molecular formula is C14H14FNS. The van der Waals surface area contributed by atoms with Gasteiger partial charge in [-0.3, -0.25) is 0 Å². The fourth-order valence-corrected chi connectivity index (χ4v) is 2.51. The Morgan fingerprint density at radius 1 is 1.24 bits per heavy atom. The normalized spacial score (nSPS) is 11.2. The van der Waals surface area contributed by atoms with E-state index in [1.54, 1.807) is 17.4 Å². The molecule has 0 unspecified atom stereocenters. The standard InChI is InChI=1S/C14H14FNS/c1-16-10-4-5-11-8-9-14(17-11)12-6-2-3-7-13(12)15/h2-9,16H,10H2,1H3. The van der Waals surface area contributed by atoms with Crippen molar-refractivity contribution in [3.63, 3.8) is 0 Å². The average molecular weight is 247 g/mol. The molecule has 0 atom stereocenters. The van der Waals surface area contributed by atoms with E-state index < -0.39 is 0 Å². The molecule has 1 N–H and O–H groups in total. The zero-order chi connectivity index (χ0) is 12.1. The molecule has 0 saturated heterocycles. The van der Waals surface area contributed by atoms with E-state index >= 15 is 0 Å². The van der Waals surface area contributed by atoms with E-state index in [-0.39, 0.29) is 5.82 Å². The van der Waals surface area contributed by atoms with E-state index in [2.05, 4.69) is 11.4 Å². The van der Waals surface area contributed by atoms with E-state index in [1.807, 2.05) is 37.4 Å². The molecule has 0 bridgehead atoms. The Morgan fingerprint density at radius 2 is 2.06 bits per heavy atom. The molecule has 0 spiro atoms. The number of rotatable bonds is 4. The van der Waals surface area contributed by atoms with Gasteiger partial charge in [0.15, 0.2) is 0 Å². The van der Waals surface area contributed by atoms with Crippen LogP contribution in [-0.4, -0.2) is 13.6 Å². The minimum atomic E-state index is -0.167. The van der Waals surface area contributed by atoms with Crippen LogP contribution in [0.2, 0.25) is 0 Å². The van der Waals surface area contributed by atoms with Gasteiger partial charge >= 0.3 is 0 Å². The summed E-state index contributed by atoms with van der Waals surface area (Å²) in [4.78, 5) is 2.10. The molecule has 2 rings (SSSR count). The first-order valence-corrected chi connectivity index (χ1v) is 6.29. The van der Waals surface area contributed by atoms with Gasteiger partial charge in [-0.25, -0.2) is 4.39 Å². The molecule has 0 aliphatic rings. The van der Waals surface area contributed by atoms with Gasteiger partial charge in [-0.15, -0.1) is 11.3 Å². The summed E-state index contributed by atoms with van der Waals surface area (Å²) >= 11 is 1.60. The lowest BCUT2D eigenvalue weighted by molar-refractivity contribution is 0.631. The largest absolute Gasteiger partial charge is 0.316 e. The van der Waals surface area contributed by atoms with E-state index in [9.17, 15) is 4.39 Å². The van der Waals surface area contributed by atoms with Crippen LogP contribution in [0.15, 0.2) is 42.5 Å². The maximum Gasteiger partial charge on any atom is 0.131 e. The number of thiophene rings is 1. The van der Waals surface area contributed by atoms with Crippen LogP contribution < -0.4 is 5.32 Å². The molecule has 1 heterocycles. The molecule has 0 aliphatic heterocycles. The number of likely N-dealkylation sites (N-methyl/N-ethyl adjacent to an activating group) is 1. The van der Waals surface area contributed by atoms with Crippen LogP contribution in [-0.2, 0) is 0 Å². The molecule has 88 valence electrons. The Labute approximate surface area is 105 Å². The third kappa shape index (κ3) is 3.02. The predicted molar refractivity (Wildman–Crippen MR) is 72.7 cm³/mol. The Kier molecular flexibility index (Phi) is 4.07. The molecule has 1 nitrogen and oxygen atoms in total. The van der Waals surface area contributed by atoms with E-state index in [4.69, 9.17) is 0 Å². The molecule has 1 aromatic heterocycles. The summed E-state index contributed by atoms with van der Waals surface area (Å²) in [6, 6.07) is 10.8. The van der Waals surface area contributed by atoms with Gasteiger partial charge in [0.25, 0.3) is 0 Å². The Morgan fingerprint density at radius 3 is 2.82 bits per heavy atom. The molecule has 1 aromatic carbocycles. The van der Waals surface area contributed by atoms with Crippen molar-refractivity contribution in [1.82, 2.24) is 5.32 Å². The minimum Gasteiger partial charge on any atom is -0.316 e. The molecule has 2 aromatic rings. The highest BCUT2D eigenvalue weighted by atomic mass is 32.1. The Bertz CT molecular complexity index is 516. The molecule has 0 aliphatic carbocycles. The smallest absolute Gasteiger partial charge is 0.131 e. The van der Waals surface area contributed by atoms with Crippen molar-refractivity contribution in [2.75, 3.05) is 13.6 Å². The molecular weight excluding hydrogens is 233 g/mol. The first-order chi connectivity index (χ1) is 8.31. The van der Waals surface area contributed by atoms with Crippen LogP contribution in [0.1, 0.15) is 4.88 Å². The second kappa shape index (κ2) is 5.75. The molecule has 0 amide bonds. The van der Waals surface area contributed by atoms with Crippen LogP contribution in [0.3, 0.4) is 0 Å². The first kappa shape index (κ1) is 12.0. The first-order valence-electron chi connectivity index (χ1n) is 5.47. The topological polar surface area (TPSA) is 12.0 Å². The number of hydrogen-bond acceptors (Lipinski definition) is 2. The average Bonchev–Trinajstić information content (AvgIpc) is 2.79. The monoisotopic (exact) mass is 247 g/mol. The van der Waals surface area contributed by atoms with Crippen molar-refractivity contribution in [3.8, 4) is 10.4 Å². The third-order valence-electron chi connectivity index (χ3n) is 2.37. The van der Waals surface area contributed by atoms with Gasteiger partial charge < -0.3 is 5.32 Å². The highest BCUT2D eigenvalue weighted by Gasteiger charge is 2.05. The summed E-state index contributed by atoms with van der Waals surface area (Å²) in [5, 5.41) is 3.04. The zero-order valence-corrected chi connectivity index (χ0v) is 10.4. The lowest BCUT2D eigenvalue weighted by Crippen LogP contribution is -2.03. The van der Waals surface area contributed by atoms with Gasteiger partial charge in [-0.1, -0.05) is 24.3 Å². The number of hydrogen-bond donors (Lipinski definition) is 1. The second-order valence-corrected chi connectivity index (χ2v) is 4.76. The van der Waals surface area contributed by atoms with E-state index in [0.717, 1.165) is 16.3 Å². The second-order valence-electron chi connectivity index (χ2n) is 3.64. The van der Waals surface area contributed by atoms with Gasteiger partial charge in [0.1, 0.15) is 5.82 Å². The van der Waals surface area contributed by atoms with Crippen molar-refractivity contribution in [2.45, 2.75) is 0 Å². The lowest BCUT2D eigenvalue weighted by Gasteiger charge is -1.97. The highest BCUT2D eigenvalue weighted by Crippen LogP contribution is 2.30. The fraction of sp³-hybridized carbons (Fsp3) is 0.143. The Balaban J connectivity index is 2.21. The van der Waals surface area contributed by atoms with Crippen LogP contribution in [0.5, 0.6) is 0 Å².